The van der Waals surface area contributed by atoms with Crippen LogP contribution in [0.3, 0.4) is 0 Å². The lowest BCUT2D eigenvalue weighted by atomic mass is 10.0. The number of anilines is 1. The van der Waals surface area contributed by atoms with Gasteiger partial charge in [0.15, 0.2) is 0 Å². The van der Waals surface area contributed by atoms with Crippen molar-refractivity contribution in [3.05, 3.63) is 16.0 Å². The molecule has 0 N–H and O–H groups in total. The Morgan fingerprint density at radius 1 is 1.44 bits per heavy atom. The Bertz CT molecular complexity index is 760. The van der Waals surface area contributed by atoms with Gasteiger partial charge in [-0.05, 0) is 32.8 Å². The first-order valence-corrected chi connectivity index (χ1v) is 9.54. The van der Waals surface area contributed by atoms with Gasteiger partial charge < -0.3 is 14.5 Å². The number of carbonyl (C=O) groups excluding carboxylic acids is 2. The Morgan fingerprint density at radius 3 is 2.72 bits per heavy atom. The van der Waals surface area contributed by atoms with Crippen LogP contribution in [0.15, 0.2) is 0 Å². The smallest absolute Gasteiger partial charge is 0.410 e. The summed E-state index contributed by atoms with van der Waals surface area (Å²) in [6.07, 6.45) is 0.639. The van der Waals surface area contributed by atoms with Crippen LogP contribution < -0.4 is 4.90 Å². The van der Waals surface area contributed by atoms with E-state index >= 15 is 0 Å². The molecule has 8 heteroatoms. The molecule has 0 aromatic carbocycles. The predicted molar refractivity (Wildman–Crippen MR) is 99.1 cm³/mol. The van der Waals surface area contributed by atoms with Crippen molar-refractivity contribution in [2.75, 3.05) is 18.0 Å². The van der Waals surface area contributed by atoms with Crippen LogP contribution >= 0.6 is 24.0 Å². The highest BCUT2D eigenvalue weighted by molar-refractivity contribution is 7.81. The summed E-state index contributed by atoms with van der Waals surface area (Å²) in [4.78, 5) is 28.8. The van der Waals surface area contributed by atoms with Gasteiger partial charge >= 0.3 is 6.09 Å². The van der Waals surface area contributed by atoms with Crippen molar-refractivity contribution >= 4 is 41.0 Å². The summed E-state index contributed by atoms with van der Waals surface area (Å²) >= 11 is 5.81. The minimum atomic E-state index is -0.542. The van der Waals surface area contributed by atoms with Crippen LogP contribution in [0.2, 0.25) is 0 Å². The van der Waals surface area contributed by atoms with Crippen LogP contribution in [0, 0.1) is 11.3 Å². The molecule has 1 aromatic rings. The van der Waals surface area contributed by atoms with Gasteiger partial charge in [0.1, 0.15) is 16.7 Å². The molecule has 1 aromatic heterocycles. The van der Waals surface area contributed by atoms with Crippen molar-refractivity contribution in [2.24, 2.45) is 0 Å². The average molecular weight is 380 g/mol. The van der Waals surface area contributed by atoms with E-state index in [2.05, 4.69) is 18.7 Å². The first kappa shape index (κ1) is 18.1. The molecule has 25 heavy (non-hydrogen) atoms. The summed E-state index contributed by atoms with van der Waals surface area (Å²) in [6, 6.07) is 2.26. The van der Waals surface area contributed by atoms with E-state index in [-0.39, 0.29) is 17.3 Å². The average Bonchev–Trinajstić information content (AvgIpc) is 3.03. The molecule has 2 amide bonds. The number of carbonyl (C=O) groups is 2. The highest BCUT2D eigenvalue weighted by Gasteiger charge is 2.35. The maximum atomic E-state index is 12.3. The van der Waals surface area contributed by atoms with Gasteiger partial charge in [-0.25, -0.2) is 4.79 Å². The fraction of sp³-hybridized carbons (Fsp3) is 0.588. The highest BCUT2D eigenvalue weighted by Crippen LogP contribution is 2.41. The lowest BCUT2D eigenvalue weighted by Gasteiger charge is -2.29. The van der Waals surface area contributed by atoms with E-state index in [9.17, 15) is 14.9 Å². The number of ether oxygens (including phenoxy) is 1. The van der Waals surface area contributed by atoms with E-state index < -0.39 is 5.60 Å². The van der Waals surface area contributed by atoms with Crippen molar-refractivity contribution < 1.29 is 14.3 Å². The highest BCUT2D eigenvalue weighted by atomic mass is 32.1. The van der Waals surface area contributed by atoms with E-state index in [4.69, 9.17) is 4.74 Å². The molecule has 1 atom stereocenters. The standard InChI is InChI=1S/C17H21N3O3S2/c1-17(2,3)23-16(22)19-5-4-11-12(7-18)15(25-13(11)9-19)20-8-10(24)6-14(20)21/h10,24H,4-6,8-9H2,1-3H3. The number of thiol groups is 1. The summed E-state index contributed by atoms with van der Waals surface area (Å²) in [5.74, 6) is -0.000838. The van der Waals surface area contributed by atoms with Crippen molar-refractivity contribution in [2.45, 2.75) is 51.0 Å². The van der Waals surface area contributed by atoms with E-state index in [0.717, 1.165) is 10.4 Å². The van der Waals surface area contributed by atoms with Gasteiger partial charge in [-0.2, -0.15) is 17.9 Å². The van der Waals surface area contributed by atoms with Gasteiger partial charge in [0.05, 0.1) is 12.1 Å². The summed E-state index contributed by atoms with van der Waals surface area (Å²) in [6.45, 7) is 6.95. The van der Waals surface area contributed by atoms with Crippen LogP contribution in [-0.2, 0) is 22.5 Å². The van der Waals surface area contributed by atoms with Crippen molar-refractivity contribution in [1.29, 1.82) is 5.26 Å². The summed E-state index contributed by atoms with van der Waals surface area (Å²) in [7, 11) is 0. The zero-order valence-electron chi connectivity index (χ0n) is 14.5. The lowest BCUT2D eigenvalue weighted by molar-refractivity contribution is -0.117. The predicted octanol–water partition coefficient (Wildman–Crippen LogP) is 2.95. The second-order valence-electron chi connectivity index (χ2n) is 7.31. The largest absolute Gasteiger partial charge is 0.444 e. The quantitative estimate of drug-likeness (QED) is 0.762. The number of nitrogens with zero attached hydrogens (tertiary/aromatic N) is 3. The summed E-state index contributed by atoms with van der Waals surface area (Å²) in [5.41, 5.74) is 0.983. The molecule has 2 aliphatic heterocycles. The Morgan fingerprint density at radius 2 is 2.16 bits per heavy atom. The Balaban J connectivity index is 1.85. The Labute approximate surface area is 156 Å². The normalized spacial score (nSPS) is 20.4. The van der Waals surface area contributed by atoms with Gasteiger partial charge in [0.25, 0.3) is 0 Å². The molecule has 0 radical (unpaired) electrons. The maximum Gasteiger partial charge on any atom is 0.410 e. The number of fused-ring (bicyclic) bond motifs is 1. The number of hydrogen-bond donors (Lipinski definition) is 1. The molecule has 2 aliphatic rings. The number of nitriles is 1. The monoisotopic (exact) mass is 379 g/mol. The van der Waals surface area contributed by atoms with Crippen molar-refractivity contribution in [3.63, 3.8) is 0 Å². The lowest BCUT2D eigenvalue weighted by Crippen LogP contribution is -2.39. The van der Waals surface area contributed by atoms with E-state index in [1.54, 1.807) is 9.80 Å². The molecule has 134 valence electrons. The fourth-order valence-electron chi connectivity index (χ4n) is 3.06. The minimum Gasteiger partial charge on any atom is -0.444 e. The third kappa shape index (κ3) is 3.62. The molecule has 0 aliphatic carbocycles. The number of hydrogen-bond acceptors (Lipinski definition) is 6. The number of rotatable bonds is 1. The SMILES string of the molecule is CC(C)(C)OC(=O)N1CCc2c(sc(N3CC(S)CC3=O)c2C#N)C1. The zero-order valence-corrected chi connectivity index (χ0v) is 16.2. The van der Waals surface area contributed by atoms with Crippen LogP contribution in [-0.4, -0.2) is 40.8 Å². The van der Waals surface area contributed by atoms with Gasteiger partial charge in [0, 0.05) is 29.6 Å². The molecule has 1 fully saturated rings. The van der Waals surface area contributed by atoms with Crippen LogP contribution in [0.5, 0.6) is 0 Å². The van der Waals surface area contributed by atoms with Crippen LogP contribution in [0.1, 0.15) is 43.2 Å². The molecular weight excluding hydrogens is 358 g/mol. The molecule has 0 bridgehead atoms. The minimum absolute atomic E-state index is 0.000838. The van der Waals surface area contributed by atoms with E-state index in [0.29, 0.717) is 43.0 Å². The molecular formula is C17H21N3O3S2. The summed E-state index contributed by atoms with van der Waals surface area (Å²) < 4.78 is 5.44. The van der Waals surface area contributed by atoms with Crippen molar-refractivity contribution in [1.82, 2.24) is 4.90 Å². The third-order valence-electron chi connectivity index (χ3n) is 4.15. The van der Waals surface area contributed by atoms with E-state index in [1.165, 1.54) is 11.3 Å². The van der Waals surface area contributed by atoms with Gasteiger partial charge in [0.2, 0.25) is 5.91 Å². The van der Waals surface area contributed by atoms with Crippen molar-refractivity contribution in [3.8, 4) is 6.07 Å². The number of thiophene rings is 1. The topological polar surface area (TPSA) is 73.6 Å². The first-order valence-electron chi connectivity index (χ1n) is 8.20. The molecule has 0 saturated carbocycles. The van der Waals surface area contributed by atoms with Gasteiger partial charge in [-0.15, -0.1) is 11.3 Å². The maximum absolute atomic E-state index is 12.3. The Hall–Kier alpha value is -1.72. The zero-order chi connectivity index (χ0) is 18.4. The number of amides is 2. The summed E-state index contributed by atoms with van der Waals surface area (Å²) in [5, 5.41) is 10.3. The molecule has 1 saturated heterocycles. The second kappa shape index (κ2) is 6.54. The molecule has 3 heterocycles. The molecule has 6 nitrogen and oxygen atoms in total. The third-order valence-corrected chi connectivity index (χ3v) is 5.74. The molecule has 0 spiro atoms. The molecule has 3 rings (SSSR count). The van der Waals surface area contributed by atoms with E-state index in [1.807, 2.05) is 20.8 Å². The fourth-order valence-corrected chi connectivity index (χ4v) is 4.72. The van der Waals surface area contributed by atoms with Gasteiger partial charge in [-0.3, -0.25) is 4.79 Å². The first-order chi connectivity index (χ1) is 11.7. The van der Waals surface area contributed by atoms with Gasteiger partial charge in [-0.1, -0.05) is 0 Å². The Kier molecular flexibility index (Phi) is 4.73. The van der Waals surface area contributed by atoms with Crippen LogP contribution in [0.4, 0.5) is 9.80 Å². The molecule has 1 unspecified atom stereocenters. The van der Waals surface area contributed by atoms with Crippen LogP contribution in [0.25, 0.3) is 0 Å². The second-order valence-corrected chi connectivity index (χ2v) is 9.12.